The van der Waals surface area contributed by atoms with Crippen molar-refractivity contribution in [2.75, 3.05) is 44.7 Å². The Hall–Kier alpha value is -4.17. The van der Waals surface area contributed by atoms with Crippen LogP contribution in [0.5, 0.6) is 5.75 Å². The molecule has 0 radical (unpaired) electrons. The number of alkyl halides is 3. The van der Waals surface area contributed by atoms with Gasteiger partial charge in [-0.2, -0.15) is 18.4 Å². The van der Waals surface area contributed by atoms with Crippen LogP contribution < -0.4 is 9.64 Å². The SMILES string of the molecule is COc1ccccc1C(=O)N1CCN(CCCCC2=C(C)C(=O)N(c3ccc(C#N)c(C(F)(F)F)c3)C2=O)CC1. The average molecular weight is 555 g/mol. The van der Waals surface area contributed by atoms with Crippen molar-refractivity contribution in [1.82, 2.24) is 9.80 Å². The number of piperazine rings is 1. The Morgan fingerprint density at radius 3 is 2.38 bits per heavy atom. The highest BCUT2D eigenvalue weighted by Crippen LogP contribution is 2.37. The topological polar surface area (TPSA) is 93.9 Å². The van der Waals surface area contributed by atoms with Gasteiger partial charge in [0.15, 0.2) is 0 Å². The van der Waals surface area contributed by atoms with Crippen molar-refractivity contribution in [2.24, 2.45) is 0 Å². The first kappa shape index (κ1) is 28.8. The maximum absolute atomic E-state index is 13.4. The van der Waals surface area contributed by atoms with E-state index in [2.05, 4.69) is 4.90 Å². The van der Waals surface area contributed by atoms with Crippen molar-refractivity contribution in [3.8, 4) is 11.8 Å². The fourth-order valence-electron chi connectivity index (χ4n) is 5.02. The summed E-state index contributed by atoms with van der Waals surface area (Å²) in [6.45, 7) is 4.81. The van der Waals surface area contributed by atoms with E-state index in [1.54, 1.807) is 23.1 Å². The van der Waals surface area contributed by atoms with Crippen LogP contribution >= 0.6 is 0 Å². The number of benzene rings is 2. The van der Waals surface area contributed by atoms with Gasteiger partial charge in [-0.25, -0.2) is 4.90 Å². The lowest BCUT2D eigenvalue weighted by Gasteiger charge is -2.35. The lowest BCUT2D eigenvalue weighted by Crippen LogP contribution is -2.48. The summed E-state index contributed by atoms with van der Waals surface area (Å²) in [6.07, 6.45) is -3.12. The molecule has 4 rings (SSSR count). The molecule has 3 amide bonds. The van der Waals surface area contributed by atoms with Gasteiger partial charge in [-0.1, -0.05) is 12.1 Å². The van der Waals surface area contributed by atoms with Gasteiger partial charge in [0.2, 0.25) is 0 Å². The molecular formula is C29H29F3N4O4. The molecule has 210 valence electrons. The fourth-order valence-corrected chi connectivity index (χ4v) is 5.02. The summed E-state index contributed by atoms with van der Waals surface area (Å²) < 4.78 is 45.5. The largest absolute Gasteiger partial charge is 0.496 e. The molecule has 0 atom stereocenters. The number of hydrogen-bond acceptors (Lipinski definition) is 6. The Balaban J connectivity index is 1.29. The molecule has 2 aromatic rings. The first-order chi connectivity index (χ1) is 19.1. The van der Waals surface area contributed by atoms with Gasteiger partial charge in [0, 0.05) is 37.3 Å². The van der Waals surface area contributed by atoms with Crippen molar-refractivity contribution in [3.63, 3.8) is 0 Å². The van der Waals surface area contributed by atoms with Gasteiger partial charge in [0.25, 0.3) is 17.7 Å². The molecule has 0 unspecified atom stereocenters. The molecular weight excluding hydrogens is 525 g/mol. The molecule has 1 fully saturated rings. The predicted molar refractivity (Wildman–Crippen MR) is 141 cm³/mol. The van der Waals surface area contributed by atoms with Crippen molar-refractivity contribution >= 4 is 23.4 Å². The molecule has 0 bridgehead atoms. The summed E-state index contributed by atoms with van der Waals surface area (Å²) in [7, 11) is 1.53. The fraction of sp³-hybridized carbons (Fsp3) is 0.379. The number of nitriles is 1. The van der Waals surface area contributed by atoms with E-state index < -0.39 is 29.1 Å². The van der Waals surface area contributed by atoms with Crippen LogP contribution in [0.4, 0.5) is 18.9 Å². The predicted octanol–water partition coefficient (Wildman–Crippen LogP) is 4.40. The molecule has 2 aliphatic heterocycles. The van der Waals surface area contributed by atoms with E-state index >= 15 is 0 Å². The number of unbranched alkanes of at least 4 members (excludes halogenated alkanes) is 1. The number of anilines is 1. The quantitative estimate of drug-likeness (QED) is 0.355. The van der Waals surface area contributed by atoms with E-state index in [0.29, 0.717) is 56.4 Å². The number of rotatable bonds is 8. The van der Waals surface area contributed by atoms with Crippen LogP contribution in [0, 0.1) is 11.3 Å². The summed E-state index contributed by atoms with van der Waals surface area (Å²) >= 11 is 0. The van der Waals surface area contributed by atoms with E-state index in [9.17, 15) is 27.6 Å². The summed E-state index contributed by atoms with van der Waals surface area (Å²) in [5.74, 6) is -0.825. The Morgan fingerprint density at radius 1 is 1.02 bits per heavy atom. The molecule has 0 saturated carbocycles. The zero-order valence-corrected chi connectivity index (χ0v) is 22.3. The smallest absolute Gasteiger partial charge is 0.417 e. The van der Waals surface area contributed by atoms with Crippen molar-refractivity contribution < 1.29 is 32.3 Å². The molecule has 8 nitrogen and oxygen atoms in total. The zero-order chi connectivity index (χ0) is 29.0. The minimum Gasteiger partial charge on any atom is -0.496 e. The third-order valence-electron chi connectivity index (χ3n) is 7.27. The molecule has 40 heavy (non-hydrogen) atoms. The Bertz CT molecular complexity index is 1390. The number of carbonyl (C=O) groups is 3. The van der Waals surface area contributed by atoms with Gasteiger partial charge in [0.05, 0.1) is 35.6 Å². The molecule has 0 aliphatic carbocycles. The first-order valence-corrected chi connectivity index (χ1v) is 12.9. The summed E-state index contributed by atoms with van der Waals surface area (Å²) in [4.78, 5) is 43.5. The summed E-state index contributed by atoms with van der Waals surface area (Å²) in [5, 5.41) is 9.01. The van der Waals surface area contributed by atoms with Gasteiger partial charge < -0.3 is 9.64 Å². The van der Waals surface area contributed by atoms with E-state index in [1.165, 1.54) is 26.2 Å². The van der Waals surface area contributed by atoms with Gasteiger partial charge in [-0.3, -0.25) is 19.3 Å². The van der Waals surface area contributed by atoms with Crippen LogP contribution in [0.15, 0.2) is 53.6 Å². The van der Waals surface area contributed by atoms with E-state index in [0.717, 1.165) is 23.9 Å². The molecule has 2 aliphatic rings. The van der Waals surface area contributed by atoms with Gasteiger partial charge in [-0.05, 0) is 63.1 Å². The minimum absolute atomic E-state index is 0.0712. The van der Waals surface area contributed by atoms with Gasteiger partial charge >= 0.3 is 6.18 Å². The van der Waals surface area contributed by atoms with Crippen LogP contribution in [-0.2, 0) is 15.8 Å². The van der Waals surface area contributed by atoms with Crippen molar-refractivity contribution in [3.05, 3.63) is 70.3 Å². The first-order valence-electron chi connectivity index (χ1n) is 12.9. The lowest BCUT2D eigenvalue weighted by molar-refractivity contribution is -0.138. The monoisotopic (exact) mass is 554 g/mol. The number of imide groups is 1. The van der Waals surface area contributed by atoms with Crippen LogP contribution in [0.3, 0.4) is 0 Å². The lowest BCUT2D eigenvalue weighted by atomic mass is 10.0. The highest BCUT2D eigenvalue weighted by molar-refractivity contribution is 6.32. The highest BCUT2D eigenvalue weighted by Gasteiger charge is 2.39. The summed E-state index contributed by atoms with van der Waals surface area (Å²) in [5.41, 5.74) is -0.950. The van der Waals surface area contributed by atoms with Crippen LogP contribution in [0.2, 0.25) is 0 Å². The van der Waals surface area contributed by atoms with E-state index in [-0.39, 0.29) is 22.7 Å². The number of para-hydroxylation sites is 1. The second kappa shape index (κ2) is 11.9. The molecule has 0 spiro atoms. The van der Waals surface area contributed by atoms with Gasteiger partial charge in [-0.15, -0.1) is 0 Å². The number of nitrogens with zero attached hydrogens (tertiary/aromatic N) is 4. The molecule has 2 heterocycles. The maximum Gasteiger partial charge on any atom is 0.417 e. The van der Waals surface area contributed by atoms with Crippen molar-refractivity contribution in [2.45, 2.75) is 32.4 Å². The third kappa shape index (κ3) is 5.87. The molecule has 1 saturated heterocycles. The second-order valence-corrected chi connectivity index (χ2v) is 9.68. The second-order valence-electron chi connectivity index (χ2n) is 9.68. The standard InChI is InChI=1S/C29H29F3N4O4/c1-19-22(28(39)36(26(19)37)21-11-10-20(18-33)24(17-21)29(30,31)32)7-5-6-12-34-13-15-35(16-14-34)27(38)23-8-3-4-9-25(23)40-2/h3-4,8-11,17H,5-7,12-16H2,1-2H3. The maximum atomic E-state index is 13.4. The number of carbonyl (C=O) groups excluding carboxylic acids is 3. The zero-order valence-electron chi connectivity index (χ0n) is 22.3. The van der Waals surface area contributed by atoms with Gasteiger partial charge in [0.1, 0.15) is 5.75 Å². The van der Waals surface area contributed by atoms with Crippen LogP contribution in [0.1, 0.15) is 47.7 Å². The number of ether oxygens (including phenoxy) is 1. The number of halogens is 3. The number of amides is 3. The number of methoxy groups -OCH3 is 1. The highest BCUT2D eigenvalue weighted by atomic mass is 19.4. The Morgan fingerprint density at radius 2 is 1.73 bits per heavy atom. The van der Waals surface area contributed by atoms with Crippen LogP contribution in [-0.4, -0.2) is 67.4 Å². The molecule has 0 N–H and O–H groups in total. The number of hydrogen-bond donors (Lipinski definition) is 0. The molecule has 11 heteroatoms. The molecule has 2 aromatic carbocycles. The minimum atomic E-state index is -4.80. The van der Waals surface area contributed by atoms with Crippen molar-refractivity contribution in [1.29, 1.82) is 5.26 Å². The van der Waals surface area contributed by atoms with E-state index in [1.807, 2.05) is 6.07 Å². The summed E-state index contributed by atoms with van der Waals surface area (Å²) in [6, 6.07) is 11.4. The Kier molecular flexibility index (Phi) is 8.59. The van der Waals surface area contributed by atoms with E-state index in [4.69, 9.17) is 10.00 Å². The normalized spacial score (nSPS) is 16.5. The third-order valence-corrected chi connectivity index (χ3v) is 7.27. The van der Waals surface area contributed by atoms with Crippen LogP contribution in [0.25, 0.3) is 0 Å². The average Bonchev–Trinajstić information content (AvgIpc) is 3.17. The Labute approximate surface area is 230 Å². The molecule has 0 aromatic heterocycles.